The molecule has 0 saturated heterocycles. The zero-order chi connectivity index (χ0) is 14.4. The van der Waals surface area contributed by atoms with Crippen LogP contribution in [0.4, 0.5) is 0 Å². The van der Waals surface area contributed by atoms with Gasteiger partial charge in [0.1, 0.15) is 10.6 Å². The zero-order valence-corrected chi connectivity index (χ0v) is 10.8. The second-order valence-corrected chi connectivity index (χ2v) is 6.56. The largest absolute Gasteiger partial charge is 0.506 e. The predicted octanol–water partition coefficient (Wildman–Crippen LogP) is 1.04. The molecule has 19 heavy (non-hydrogen) atoms. The molecule has 2 aromatic rings. The van der Waals surface area contributed by atoms with Crippen molar-refractivity contribution >= 4 is 31.0 Å². The summed E-state index contributed by atoms with van der Waals surface area (Å²) in [6.07, 6.45) is 0. The topological polar surface area (TPSA) is 129 Å². The summed E-state index contributed by atoms with van der Waals surface area (Å²) in [6, 6.07) is 5.57. The Hall–Kier alpha value is -1.68. The Morgan fingerprint density at radius 1 is 0.842 bits per heavy atom. The molecule has 2 aromatic carbocycles. The van der Waals surface area contributed by atoms with E-state index in [0.29, 0.717) is 5.39 Å². The van der Waals surface area contributed by atoms with E-state index in [9.17, 15) is 21.9 Å². The van der Waals surface area contributed by atoms with Gasteiger partial charge in [0.15, 0.2) is 0 Å². The maximum Gasteiger partial charge on any atom is 0.298 e. The Morgan fingerprint density at radius 2 is 1.42 bits per heavy atom. The molecule has 9 heteroatoms. The van der Waals surface area contributed by atoms with Crippen LogP contribution in [0.1, 0.15) is 0 Å². The first-order valence-electron chi connectivity index (χ1n) is 4.81. The highest BCUT2D eigenvalue weighted by Crippen LogP contribution is 2.33. The van der Waals surface area contributed by atoms with Crippen LogP contribution in [0.15, 0.2) is 40.1 Å². The van der Waals surface area contributed by atoms with Crippen LogP contribution in [0.2, 0.25) is 0 Å². The van der Waals surface area contributed by atoms with Crippen molar-refractivity contribution in [3.8, 4) is 5.75 Å². The van der Waals surface area contributed by atoms with Crippen molar-refractivity contribution in [3.05, 3.63) is 30.3 Å². The maximum atomic E-state index is 11.0. The van der Waals surface area contributed by atoms with E-state index in [2.05, 4.69) is 0 Å². The minimum Gasteiger partial charge on any atom is -0.506 e. The lowest BCUT2D eigenvalue weighted by atomic mass is 10.1. The van der Waals surface area contributed by atoms with Crippen LogP contribution >= 0.6 is 0 Å². The second kappa shape index (κ2) is 4.17. The standard InChI is InChI=1S/C10H8O7S2/c11-10-8-5-7(18(12,13)14)3-1-6(8)2-4-9(10)19(15,16)17/h1-5,11H,(H,12,13,14)(H,15,16,17). The first kappa shape index (κ1) is 13.7. The molecule has 0 radical (unpaired) electrons. The third kappa shape index (κ3) is 2.54. The number of fused-ring (bicyclic) bond motifs is 1. The number of rotatable bonds is 2. The summed E-state index contributed by atoms with van der Waals surface area (Å²) in [5, 5.41) is 9.98. The molecule has 7 nitrogen and oxygen atoms in total. The lowest BCUT2D eigenvalue weighted by molar-refractivity contribution is 0.448. The molecule has 102 valence electrons. The van der Waals surface area contributed by atoms with Gasteiger partial charge in [-0.1, -0.05) is 12.1 Å². The summed E-state index contributed by atoms with van der Waals surface area (Å²) in [5.41, 5.74) is 0. The summed E-state index contributed by atoms with van der Waals surface area (Å²) in [7, 11) is -9.12. The molecule has 0 aliphatic rings. The molecule has 0 fully saturated rings. The van der Waals surface area contributed by atoms with Gasteiger partial charge in [0.05, 0.1) is 4.90 Å². The van der Waals surface area contributed by atoms with Gasteiger partial charge in [-0.3, -0.25) is 9.11 Å². The monoisotopic (exact) mass is 304 g/mol. The van der Waals surface area contributed by atoms with Gasteiger partial charge >= 0.3 is 0 Å². The van der Waals surface area contributed by atoms with E-state index in [4.69, 9.17) is 9.11 Å². The molecule has 0 heterocycles. The quantitative estimate of drug-likeness (QED) is 0.707. The normalized spacial score (nSPS) is 12.7. The van der Waals surface area contributed by atoms with Crippen LogP contribution in [-0.4, -0.2) is 31.0 Å². The Bertz CT molecular complexity index is 861. The van der Waals surface area contributed by atoms with Crippen LogP contribution < -0.4 is 0 Å². The third-order valence-corrected chi connectivity index (χ3v) is 4.24. The lowest BCUT2D eigenvalue weighted by Gasteiger charge is -2.06. The highest BCUT2D eigenvalue weighted by Gasteiger charge is 2.19. The van der Waals surface area contributed by atoms with Crippen molar-refractivity contribution in [1.29, 1.82) is 0 Å². The van der Waals surface area contributed by atoms with Crippen LogP contribution in [0.25, 0.3) is 10.8 Å². The number of aromatic hydroxyl groups is 1. The maximum absolute atomic E-state index is 11.0. The van der Waals surface area contributed by atoms with Crippen molar-refractivity contribution < 1.29 is 31.0 Å². The molecule has 0 amide bonds. The SMILES string of the molecule is O=S(=O)(O)c1ccc2ccc(S(=O)(=O)O)c(O)c2c1. The summed E-state index contributed by atoms with van der Waals surface area (Å²) < 4.78 is 61.8. The zero-order valence-electron chi connectivity index (χ0n) is 9.18. The van der Waals surface area contributed by atoms with Gasteiger partial charge in [0.25, 0.3) is 20.2 Å². The number of hydrogen-bond donors (Lipinski definition) is 3. The number of phenols is 1. The minimum absolute atomic E-state index is 0.120. The average molecular weight is 304 g/mol. The summed E-state index contributed by atoms with van der Waals surface area (Å²) in [4.78, 5) is -1.24. The first-order valence-corrected chi connectivity index (χ1v) is 7.69. The molecular weight excluding hydrogens is 296 g/mol. The first-order chi connectivity index (χ1) is 8.60. The van der Waals surface area contributed by atoms with Crippen LogP contribution in [0.5, 0.6) is 5.75 Å². The molecular formula is C10H8O7S2. The fourth-order valence-corrected chi connectivity index (χ4v) is 2.73. The van der Waals surface area contributed by atoms with Crippen molar-refractivity contribution in [2.24, 2.45) is 0 Å². The van der Waals surface area contributed by atoms with E-state index < -0.39 is 35.8 Å². The van der Waals surface area contributed by atoms with Gasteiger partial charge in [0.2, 0.25) is 0 Å². The average Bonchev–Trinajstić information content (AvgIpc) is 2.26. The number of benzene rings is 2. The summed E-state index contributed by atoms with van der Waals surface area (Å²) in [5.74, 6) is -0.787. The Balaban J connectivity index is 2.88. The molecule has 0 atom stereocenters. The highest BCUT2D eigenvalue weighted by atomic mass is 32.2. The van der Waals surface area contributed by atoms with Gasteiger partial charge in [-0.05, 0) is 23.6 Å². The van der Waals surface area contributed by atoms with Crippen molar-refractivity contribution in [1.82, 2.24) is 0 Å². The fourth-order valence-electron chi connectivity index (χ4n) is 1.63. The third-order valence-electron chi connectivity index (χ3n) is 2.50. The molecule has 2 rings (SSSR count). The minimum atomic E-state index is -4.64. The lowest BCUT2D eigenvalue weighted by Crippen LogP contribution is -2.00. The van der Waals surface area contributed by atoms with Crippen LogP contribution in [0.3, 0.4) is 0 Å². The Morgan fingerprint density at radius 3 is 1.95 bits per heavy atom. The molecule has 0 saturated carbocycles. The van der Waals surface area contributed by atoms with Crippen LogP contribution in [-0.2, 0) is 20.2 Å². The van der Waals surface area contributed by atoms with E-state index in [0.717, 1.165) is 18.2 Å². The summed E-state index contributed by atoms with van der Waals surface area (Å²) in [6.45, 7) is 0. The van der Waals surface area contributed by atoms with Gasteiger partial charge in [-0.25, -0.2) is 0 Å². The van der Waals surface area contributed by atoms with E-state index in [-0.39, 0.29) is 5.39 Å². The molecule has 0 unspecified atom stereocenters. The number of phenolic OH excluding ortho intramolecular Hbond substituents is 1. The van der Waals surface area contributed by atoms with Crippen LogP contribution in [0, 0.1) is 0 Å². The highest BCUT2D eigenvalue weighted by molar-refractivity contribution is 7.86. The Kier molecular flexibility index (Phi) is 3.01. The number of hydrogen-bond acceptors (Lipinski definition) is 5. The molecule has 0 aromatic heterocycles. The second-order valence-electron chi connectivity index (χ2n) is 3.75. The molecule has 0 bridgehead atoms. The van der Waals surface area contributed by atoms with Crippen molar-refractivity contribution in [3.63, 3.8) is 0 Å². The van der Waals surface area contributed by atoms with E-state index in [1.54, 1.807) is 0 Å². The molecule has 0 spiro atoms. The molecule has 0 aliphatic carbocycles. The van der Waals surface area contributed by atoms with Gasteiger partial charge in [-0.15, -0.1) is 0 Å². The van der Waals surface area contributed by atoms with Gasteiger partial charge in [0, 0.05) is 5.39 Å². The fraction of sp³-hybridized carbons (Fsp3) is 0. The van der Waals surface area contributed by atoms with Gasteiger partial charge in [-0.2, -0.15) is 16.8 Å². The Labute approximate surface area is 108 Å². The van der Waals surface area contributed by atoms with E-state index in [1.165, 1.54) is 12.1 Å². The predicted molar refractivity (Wildman–Crippen MR) is 65.2 cm³/mol. The van der Waals surface area contributed by atoms with Gasteiger partial charge < -0.3 is 5.11 Å². The smallest absolute Gasteiger partial charge is 0.298 e. The van der Waals surface area contributed by atoms with E-state index >= 15 is 0 Å². The molecule has 3 N–H and O–H groups in total. The molecule has 0 aliphatic heterocycles. The van der Waals surface area contributed by atoms with E-state index in [1.807, 2.05) is 0 Å². The summed E-state index contributed by atoms with van der Waals surface area (Å²) >= 11 is 0. The van der Waals surface area contributed by atoms with Crippen molar-refractivity contribution in [2.75, 3.05) is 0 Å². The van der Waals surface area contributed by atoms with Crippen molar-refractivity contribution in [2.45, 2.75) is 9.79 Å².